The van der Waals surface area contributed by atoms with Crippen LogP contribution in [-0.2, 0) is 14.8 Å². The Hall–Kier alpha value is -1.31. The Balaban J connectivity index is 2.28. The highest BCUT2D eigenvalue weighted by Crippen LogP contribution is 2.27. The van der Waals surface area contributed by atoms with Gasteiger partial charge in [0, 0.05) is 20.2 Å². The molecule has 0 saturated carbocycles. The van der Waals surface area contributed by atoms with Gasteiger partial charge in [0.25, 0.3) is 0 Å². The van der Waals surface area contributed by atoms with Crippen molar-refractivity contribution < 1.29 is 18.3 Å². The molecule has 2 rings (SSSR count). The zero-order valence-corrected chi connectivity index (χ0v) is 11.6. The highest BCUT2D eigenvalue weighted by atomic mass is 32.2. The topological polar surface area (TPSA) is 92.9 Å². The molecule has 1 aromatic carbocycles. The maximum Gasteiger partial charge on any atom is 0.243 e. The van der Waals surface area contributed by atoms with E-state index in [4.69, 9.17) is 10.5 Å². The van der Waals surface area contributed by atoms with Gasteiger partial charge in [-0.3, -0.25) is 0 Å². The van der Waals surface area contributed by atoms with Crippen molar-refractivity contribution in [3.8, 4) is 5.75 Å². The summed E-state index contributed by atoms with van der Waals surface area (Å²) in [6, 6.07) is 3.93. The predicted octanol–water partition coefficient (Wildman–Crippen LogP) is 0.774. The maximum atomic E-state index is 12.4. The van der Waals surface area contributed by atoms with E-state index in [1.54, 1.807) is 7.11 Å². The minimum absolute atomic E-state index is 0.0568. The van der Waals surface area contributed by atoms with Gasteiger partial charge in [-0.15, -0.1) is 0 Å². The number of methoxy groups -OCH3 is 1. The molecule has 7 heteroatoms. The van der Waals surface area contributed by atoms with E-state index in [0.717, 1.165) is 12.8 Å². The number of anilines is 1. The lowest BCUT2D eigenvalue weighted by Gasteiger charge is -2.31. The number of ether oxygens (including phenoxy) is 1. The average Bonchev–Trinajstić information content (AvgIpc) is 2.41. The lowest BCUT2D eigenvalue weighted by Crippen LogP contribution is -2.42. The number of nitrogen functional groups attached to an aromatic ring is 1. The SMILES string of the molecule is COC1CCCN(S(=O)(=O)c2ccc(O)c(N)c2)C1. The van der Waals surface area contributed by atoms with Gasteiger partial charge in [0.05, 0.1) is 16.7 Å². The molecule has 0 amide bonds. The fourth-order valence-electron chi connectivity index (χ4n) is 2.16. The van der Waals surface area contributed by atoms with Crippen LogP contribution in [0.5, 0.6) is 5.75 Å². The number of sulfonamides is 1. The van der Waals surface area contributed by atoms with Gasteiger partial charge in [-0.05, 0) is 31.0 Å². The molecule has 3 N–H and O–H groups in total. The molecule has 1 aliphatic heterocycles. The normalized spacial score (nSPS) is 21.4. The van der Waals surface area contributed by atoms with Crippen molar-refractivity contribution in [1.82, 2.24) is 4.31 Å². The summed E-state index contributed by atoms with van der Waals surface area (Å²) in [5, 5.41) is 9.35. The molecular formula is C12H18N2O4S. The van der Waals surface area contributed by atoms with Gasteiger partial charge < -0.3 is 15.6 Å². The van der Waals surface area contributed by atoms with E-state index >= 15 is 0 Å². The van der Waals surface area contributed by atoms with E-state index in [9.17, 15) is 13.5 Å². The number of hydrogen-bond donors (Lipinski definition) is 2. The van der Waals surface area contributed by atoms with Gasteiger partial charge in [0.15, 0.2) is 0 Å². The summed E-state index contributed by atoms with van der Waals surface area (Å²) < 4.78 is 31.5. The zero-order valence-electron chi connectivity index (χ0n) is 10.7. The number of piperidine rings is 1. The summed E-state index contributed by atoms with van der Waals surface area (Å²) in [4.78, 5) is 0.0968. The smallest absolute Gasteiger partial charge is 0.243 e. The largest absolute Gasteiger partial charge is 0.506 e. The first-order valence-corrected chi connectivity index (χ1v) is 7.50. The molecule has 6 nitrogen and oxygen atoms in total. The molecule has 1 unspecified atom stereocenters. The molecule has 1 aromatic rings. The Morgan fingerprint density at radius 2 is 2.21 bits per heavy atom. The Morgan fingerprint density at radius 3 is 2.84 bits per heavy atom. The van der Waals surface area contributed by atoms with Crippen LogP contribution in [-0.4, -0.2) is 44.1 Å². The third-order valence-corrected chi connectivity index (χ3v) is 5.17. The lowest BCUT2D eigenvalue weighted by molar-refractivity contribution is 0.0572. The molecule has 0 aliphatic carbocycles. The molecule has 19 heavy (non-hydrogen) atoms. The highest BCUT2D eigenvalue weighted by molar-refractivity contribution is 7.89. The van der Waals surface area contributed by atoms with Crippen molar-refractivity contribution in [2.24, 2.45) is 0 Å². The summed E-state index contributed by atoms with van der Waals surface area (Å²) in [7, 11) is -2.00. The van der Waals surface area contributed by atoms with Crippen molar-refractivity contribution in [1.29, 1.82) is 0 Å². The number of rotatable bonds is 3. The molecule has 0 bridgehead atoms. The molecule has 0 aromatic heterocycles. The minimum Gasteiger partial charge on any atom is -0.506 e. The number of nitrogens with two attached hydrogens (primary N) is 1. The van der Waals surface area contributed by atoms with E-state index in [2.05, 4.69) is 0 Å². The van der Waals surface area contributed by atoms with E-state index in [1.807, 2.05) is 0 Å². The average molecular weight is 286 g/mol. The standard InChI is InChI=1S/C12H18N2O4S/c1-18-9-3-2-6-14(8-9)19(16,17)10-4-5-12(15)11(13)7-10/h4-5,7,9,15H,2-3,6,8,13H2,1H3. The quantitative estimate of drug-likeness (QED) is 0.632. The molecule has 0 spiro atoms. The summed E-state index contributed by atoms with van der Waals surface area (Å²) >= 11 is 0. The molecule has 1 heterocycles. The van der Waals surface area contributed by atoms with Crippen LogP contribution in [0.2, 0.25) is 0 Å². The molecule has 1 aliphatic rings. The van der Waals surface area contributed by atoms with Crippen molar-refractivity contribution in [3.05, 3.63) is 18.2 Å². The van der Waals surface area contributed by atoms with Crippen LogP contribution in [0.3, 0.4) is 0 Å². The van der Waals surface area contributed by atoms with Crippen molar-refractivity contribution in [3.63, 3.8) is 0 Å². The summed E-state index contributed by atoms with van der Waals surface area (Å²) in [5.74, 6) is -0.118. The first-order chi connectivity index (χ1) is 8.95. The monoisotopic (exact) mass is 286 g/mol. The summed E-state index contributed by atoms with van der Waals surface area (Å²) in [5.41, 5.74) is 5.60. The van der Waals surface area contributed by atoms with Crippen LogP contribution in [0, 0.1) is 0 Å². The van der Waals surface area contributed by atoms with E-state index in [-0.39, 0.29) is 22.4 Å². The molecule has 106 valence electrons. The number of benzene rings is 1. The van der Waals surface area contributed by atoms with Crippen LogP contribution in [0.1, 0.15) is 12.8 Å². The third-order valence-electron chi connectivity index (χ3n) is 3.31. The van der Waals surface area contributed by atoms with Crippen molar-refractivity contribution in [2.75, 3.05) is 25.9 Å². The number of phenols is 1. The second-order valence-corrected chi connectivity index (χ2v) is 6.52. The first-order valence-electron chi connectivity index (χ1n) is 6.06. The van der Waals surface area contributed by atoms with Gasteiger partial charge in [-0.1, -0.05) is 0 Å². The van der Waals surface area contributed by atoms with Crippen molar-refractivity contribution >= 4 is 15.7 Å². The molecule has 1 saturated heterocycles. The Bertz CT molecular complexity index is 559. The van der Waals surface area contributed by atoms with Crippen LogP contribution >= 0.6 is 0 Å². The number of aromatic hydroxyl groups is 1. The molecule has 1 atom stereocenters. The predicted molar refractivity (Wildman–Crippen MR) is 71.3 cm³/mol. The number of phenolic OH excluding ortho intramolecular Hbond substituents is 1. The fourth-order valence-corrected chi connectivity index (χ4v) is 3.70. The maximum absolute atomic E-state index is 12.4. The Labute approximate surface area is 112 Å². The Kier molecular flexibility index (Phi) is 3.98. The second-order valence-electron chi connectivity index (χ2n) is 4.58. The molecule has 1 fully saturated rings. The Morgan fingerprint density at radius 1 is 1.47 bits per heavy atom. The third kappa shape index (κ3) is 2.83. The number of hydrogen-bond acceptors (Lipinski definition) is 5. The van der Waals surface area contributed by atoms with E-state index in [1.165, 1.54) is 22.5 Å². The van der Waals surface area contributed by atoms with Gasteiger partial charge in [0.2, 0.25) is 10.0 Å². The van der Waals surface area contributed by atoms with Crippen LogP contribution in [0.4, 0.5) is 5.69 Å². The van der Waals surface area contributed by atoms with Gasteiger partial charge >= 0.3 is 0 Å². The van der Waals surface area contributed by atoms with Gasteiger partial charge in [-0.25, -0.2) is 8.42 Å². The van der Waals surface area contributed by atoms with Crippen LogP contribution in [0.15, 0.2) is 23.1 Å². The van der Waals surface area contributed by atoms with E-state index < -0.39 is 10.0 Å². The van der Waals surface area contributed by atoms with Crippen LogP contribution < -0.4 is 5.73 Å². The number of nitrogens with zero attached hydrogens (tertiary/aromatic N) is 1. The minimum atomic E-state index is -3.58. The zero-order chi connectivity index (χ0) is 14.0. The van der Waals surface area contributed by atoms with Crippen molar-refractivity contribution in [2.45, 2.75) is 23.8 Å². The fraction of sp³-hybridized carbons (Fsp3) is 0.500. The van der Waals surface area contributed by atoms with Gasteiger partial charge in [0.1, 0.15) is 5.75 Å². The first kappa shape index (κ1) is 14.1. The molecule has 0 radical (unpaired) electrons. The van der Waals surface area contributed by atoms with Gasteiger partial charge in [-0.2, -0.15) is 4.31 Å². The lowest BCUT2D eigenvalue weighted by atomic mass is 10.1. The summed E-state index contributed by atoms with van der Waals surface area (Å²) in [6.45, 7) is 0.822. The second kappa shape index (κ2) is 5.36. The van der Waals surface area contributed by atoms with Crippen LogP contribution in [0.25, 0.3) is 0 Å². The molecular weight excluding hydrogens is 268 g/mol. The van der Waals surface area contributed by atoms with E-state index in [0.29, 0.717) is 13.1 Å². The highest BCUT2D eigenvalue weighted by Gasteiger charge is 2.30. The summed E-state index contributed by atoms with van der Waals surface area (Å²) in [6.07, 6.45) is 1.56.